The number of amides is 1. The number of piperazine rings is 1. The molecule has 2 saturated heterocycles. The van der Waals surface area contributed by atoms with Gasteiger partial charge in [0.15, 0.2) is 5.65 Å². The quantitative estimate of drug-likeness (QED) is 0.309. The minimum atomic E-state index is -0.509. The first-order valence-corrected chi connectivity index (χ1v) is 17.0. The van der Waals surface area contributed by atoms with Crippen molar-refractivity contribution in [2.24, 2.45) is 0 Å². The van der Waals surface area contributed by atoms with Crippen LogP contribution in [0.3, 0.4) is 0 Å². The number of ether oxygens (including phenoxy) is 1. The average Bonchev–Trinajstić information content (AvgIpc) is 3.53. The van der Waals surface area contributed by atoms with Crippen molar-refractivity contribution in [3.05, 3.63) is 93.5 Å². The van der Waals surface area contributed by atoms with Crippen LogP contribution in [-0.4, -0.2) is 105 Å². The van der Waals surface area contributed by atoms with Crippen LogP contribution in [0.1, 0.15) is 50.1 Å². The predicted molar refractivity (Wildman–Crippen MR) is 182 cm³/mol. The zero-order valence-corrected chi connectivity index (χ0v) is 28.2. The Morgan fingerprint density at radius 1 is 1.08 bits per heavy atom. The summed E-state index contributed by atoms with van der Waals surface area (Å²) in [5, 5.41) is 8.47. The number of hydrogen-bond donors (Lipinski definition) is 1. The van der Waals surface area contributed by atoms with Crippen LogP contribution in [0, 0.1) is 5.82 Å². The minimum Gasteiger partial charge on any atom is -0.379 e. The highest BCUT2D eigenvalue weighted by molar-refractivity contribution is 5.98. The maximum Gasteiger partial charge on any atom is 0.350 e. The topological polar surface area (TPSA) is 100 Å². The maximum absolute atomic E-state index is 14.4. The van der Waals surface area contributed by atoms with Gasteiger partial charge >= 0.3 is 5.69 Å². The largest absolute Gasteiger partial charge is 0.379 e. The lowest BCUT2D eigenvalue weighted by Crippen LogP contribution is -2.62. The van der Waals surface area contributed by atoms with Gasteiger partial charge in [-0.3, -0.25) is 19.6 Å². The lowest BCUT2D eigenvalue weighted by atomic mass is 9.90. The number of rotatable bonds is 8. The molecule has 0 saturated carbocycles. The number of pyridine rings is 2. The Kier molecular flexibility index (Phi) is 8.92. The number of carbonyl (C=O) groups excluding carboxylic acids is 1. The molecule has 254 valence electrons. The van der Waals surface area contributed by atoms with Crippen molar-refractivity contribution in [2.45, 2.75) is 64.2 Å². The Morgan fingerprint density at radius 3 is 2.60 bits per heavy atom. The summed E-state index contributed by atoms with van der Waals surface area (Å²) in [6.07, 6.45) is 3.83. The number of halogens is 1. The molecule has 0 spiro atoms. The van der Waals surface area contributed by atoms with Gasteiger partial charge in [-0.15, -0.1) is 5.10 Å². The van der Waals surface area contributed by atoms with E-state index in [2.05, 4.69) is 47.8 Å². The maximum atomic E-state index is 14.4. The molecule has 12 heteroatoms. The van der Waals surface area contributed by atoms with E-state index in [4.69, 9.17) is 9.84 Å². The highest BCUT2D eigenvalue weighted by Gasteiger charge is 2.43. The molecule has 1 aromatic carbocycles. The Bertz CT molecular complexity index is 1840. The van der Waals surface area contributed by atoms with Gasteiger partial charge in [0.05, 0.1) is 37.7 Å². The van der Waals surface area contributed by atoms with Crippen molar-refractivity contribution in [3.63, 3.8) is 0 Å². The molecule has 48 heavy (non-hydrogen) atoms. The third-order valence-electron chi connectivity index (χ3n) is 10.1. The van der Waals surface area contributed by atoms with E-state index < -0.39 is 5.41 Å². The van der Waals surface area contributed by atoms with Gasteiger partial charge in [-0.05, 0) is 55.3 Å². The zero-order chi connectivity index (χ0) is 33.6. The average molecular weight is 657 g/mol. The van der Waals surface area contributed by atoms with Gasteiger partial charge in [0.1, 0.15) is 5.82 Å². The Balaban J connectivity index is 1.25. The lowest BCUT2D eigenvalue weighted by Gasteiger charge is -2.43. The second-order valence-corrected chi connectivity index (χ2v) is 14.3. The van der Waals surface area contributed by atoms with Crippen molar-refractivity contribution in [1.82, 2.24) is 34.3 Å². The lowest BCUT2D eigenvalue weighted by molar-refractivity contribution is -0.121. The molecule has 6 heterocycles. The second kappa shape index (κ2) is 13.1. The summed E-state index contributed by atoms with van der Waals surface area (Å²) in [4.78, 5) is 39.4. The number of morpholine rings is 1. The van der Waals surface area contributed by atoms with Crippen molar-refractivity contribution in [2.75, 3.05) is 57.4 Å². The van der Waals surface area contributed by atoms with Crippen molar-refractivity contribution < 1.29 is 13.9 Å². The van der Waals surface area contributed by atoms with Gasteiger partial charge in [-0.1, -0.05) is 26.0 Å². The summed E-state index contributed by atoms with van der Waals surface area (Å²) in [6, 6.07) is 12.9. The smallest absolute Gasteiger partial charge is 0.350 e. The fraction of sp³-hybridized carbons (Fsp3) is 0.500. The third kappa shape index (κ3) is 6.41. The molecule has 1 amide bonds. The predicted octanol–water partition coefficient (Wildman–Crippen LogP) is 2.68. The van der Waals surface area contributed by atoms with Crippen LogP contribution in [0.15, 0.2) is 59.7 Å². The molecule has 0 bridgehead atoms. The van der Waals surface area contributed by atoms with Gasteiger partial charge in [0.2, 0.25) is 5.91 Å². The summed E-state index contributed by atoms with van der Waals surface area (Å²) < 4.78 is 22.7. The summed E-state index contributed by atoms with van der Waals surface area (Å²) in [5.74, 6) is -0.293. The van der Waals surface area contributed by atoms with Gasteiger partial charge < -0.3 is 15.0 Å². The fourth-order valence-electron chi connectivity index (χ4n) is 7.55. The van der Waals surface area contributed by atoms with E-state index in [0.29, 0.717) is 31.2 Å². The molecule has 2 fully saturated rings. The molecule has 3 aliphatic rings. The molecule has 0 radical (unpaired) electrons. The first-order chi connectivity index (χ1) is 23.1. The van der Waals surface area contributed by atoms with E-state index in [-0.39, 0.29) is 36.0 Å². The highest BCUT2D eigenvalue weighted by Crippen LogP contribution is 2.42. The Hall–Kier alpha value is -3.97. The number of fused-ring (bicyclic) bond motifs is 3. The number of hydrogen-bond acceptors (Lipinski definition) is 8. The van der Waals surface area contributed by atoms with Crippen LogP contribution in [0.25, 0.3) is 5.65 Å². The third-order valence-corrected chi connectivity index (χ3v) is 10.1. The van der Waals surface area contributed by atoms with Crippen molar-refractivity contribution in [1.29, 1.82) is 0 Å². The van der Waals surface area contributed by atoms with Gasteiger partial charge in [-0.2, -0.15) is 0 Å². The highest BCUT2D eigenvalue weighted by atomic mass is 19.1. The number of nitrogens with one attached hydrogen (secondary N) is 1. The van der Waals surface area contributed by atoms with Crippen LogP contribution in [0.2, 0.25) is 0 Å². The van der Waals surface area contributed by atoms with Crippen molar-refractivity contribution >= 4 is 17.2 Å². The van der Waals surface area contributed by atoms with E-state index in [1.165, 1.54) is 16.8 Å². The SMILES string of the molecule is C[C@@H]1CN(CC(=O)N2CC(C)(C)c3c2cc(Cc2ccc(F)cc2)c2nn(Cc4ccncc4)c(=O)n32)[C@@H](CN2CCOC[C@H]2C)CN1. The molecular formula is C36H45FN8O3. The fourth-order valence-corrected chi connectivity index (χ4v) is 7.55. The number of benzene rings is 1. The molecule has 3 aromatic heterocycles. The molecule has 3 aliphatic heterocycles. The normalized spacial score (nSPS) is 23.1. The summed E-state index contributed by atoms with van der Waals surface area (Å²) >= 11 is 0. The molecule has 0 aliphatic carbocycles. The van der Waals surface area contributed by atoms with Crippen LogP contribution < -0.4 is 15.9 Å². The molecule has 4 aromatic rings. The van der Waals surface area contributed by atoms with Gasteiger partial charge in [0.25, 0.3) is 0 Å². The Labute approximate surface area is 280 Å². The van der Waals surface area contributed by atoms with E-state index in [1.54, 1.807) is 28.9 Å². The molecule has 3 atom stereocenters. The number of carbonyl (C=O) groups is 1. The minimum absolute atomic E-state index is 0.0141. The van der Waals surface area contributed by atoms with E-state index in [9.17, 15) is 14.0 Å². The molecular weight excluding hydrogens is 611 g/mol. The summed E-state index contributed by atoms with van der Waals surface area (Å²) in [7, 11) is 0. The van der Waals surface area contributed by atoms with Crippen molar-refractivity contribution in [3.8, 4) is 0 Å². The standard InChI is InChI=1S/C36H45FN8O3/c1-24-18-42(30(17-39-24)20-41-13-14-48-22-25(41)2)21-32(46)43-23-36(3,4)33-31(43)16-28(15-26-5-7-29(37)8-6-26)34-40-44(35(47)45(33)34)19-27-9-11-38-12-10-27/h5-12,16,24-25,30,39H,13-15,17-23H2,1-4H3/t24-,25-,30-/m1/s1. The molecule has 0 unspecified atom stereocenters. The van der Waals surface area contributed by atoms with Crippen LogP contribution in [0.4, 0.5) is 10.1 Å². The van der Waals surface area contributed by atoms with Gasteiger partial charge in [0, 0.05) is 80.6 Å². The summed E-state index contributed by atoms with van der Waals surface area (Å²) in [6.45, 7) is 14.3. The van der Waals surface area contributed by atoms with E-state index in [1.807, 2.05) is 23.1 Å². The van der Waals surface area contributed by atoms with Crippen LogP contribution in [-0.2, 0) is 27.9 Å². The van der Waals surface area contributed by atoms with Crippen LogP contribution >= 0.6 is 0 Å². The first kappa shape index (κ1) is 32.6. The molecule has 11 nitrogen and oxygen atoms in total. The molecule has 1 N–H and O–H groups in total. The molecule has 7 rings (SSSR count). The Morgan fingerprint density at radius 2 is 1.85 bits per heavy atom. The van der Waals surface area contributed by atoms with E-state index in [0.717, 1.165) is 67.5 Å². The van der Waals surface area contributed by atoms with E-state index >= 15 is 0 Å². The number of anilines is 1. The first-order valence-electron chi connectivity index (χ1n) is 17.0. The summed E-state index contributed by atoms with van der Waals surface area (Å²) in [5.41, 5.74) is 3.91. The monoisotopic (exact) mass is 656 g/mol. The van der Waals surface area contributed by atoms with Gasteiger partial charge in [-0.25, -0.2) is 18.3 Å². The second-order valence-electron chi connectivity index (χ2n) is 14.3. The number of nitrogens with zero attached hydrogens (tertiary/aromatic N) is 7. The van der Waals surface area contributed by atoms with Crippen LogP contribution in [0.5, 0.6) is 0 Å². The zero-order valence-electron chi connectivity index (χ0n) is 28.2. The number of aromatic nitrogens is 4.